The first-order valence-corrected chi connectivity index (χ1v) is 4.03. The van der Waals surface area contributed by atoms with Gasteiger partial charge in [0, 0.05) is 5.69 Å². The lowest BCUT2D eigenvalue weighted by Gasteiger charge is -1.92. The van der Waals surface area contributed by atoms with Crippen molar-refractivity contribution in [3.63, 3.8) is 0 Å². The average molecular weight is 211 g/mol. The summed E-state index contributed by atoms with van der Waals surface area (Å²) in [5, 5.41) is 8.49. The lowest BCUT2D eigenvalue weighted by atomic mass is 10.1. The monoisotopic (exact) mass is 211 g/mol. The molecule has 0 aliphatic carbocycles. The second-order valence-electron chi connectivity index (χ2n) is 2.85. The number of rotatable bonds is 3. The first-order chi connectivity index (χ1) is 6.97. The van der Waals surface area contributed by atoms with E-state index in [1.54, 1.807) is 0 Å². The average Bonchev–Trinajstić information content (AvgIpc) is 2.57. The minimum Gasteiger partial charge on any atom is -0.475 e. The quantitative estimate of drug-likeness (QED) is 0.428. The van der Waals surface area contributed by atoms with Crippen molar-refractivity contribution in [3.05, 3.63) is 23.0 Å². The van der Waals surface area contributed by atoms with Gasteiger partial charge in [-0.15, -0.1) is 0 Å². The molecular formula is C9H9NO5. The van der Waals surface area contributed by atoms with Crippen molar-refractivity contribution >= 4 is 17.7 Å². The van der Waals surface area contributed by atoms with Crippen LogP contribution in [0.25, 0.3) is 0 Å². The van der Waals surface area contributed by atoms with Gasteiger partial charge in [-0.1, -0.05) is 0 Å². The van der Waals surface area contributed by atoms with Gasteiger partial charge in [-0.05, 0) is 13.0 Å². The van der Waals surface area contributed by atoms with Gasteiger partial charge in [0.25, 0.3) is 5.78 Å². The van der Waals surface area contributed by atoms with Crippen LogP contribution in [0.3, 0.4) is 0 Å². The van der Waals surface area contributed by atoms with E-state index in [1.807, 2.05) is 0 Å². The highest BCUT2D eigenvalue weighted by Gasteiger charge is 2.21. The number of hydrogen-bond donors (Lipinski definition) is 2. The zero-order chi connectivity index (χ0) is 11.6. The molecule has 0 radical (unpaired) electrons. The molecule has 0 aromatic carbocycles. The Labute approximate surface area is 84.9 Å². The van der Waals surface area contributed by atoms with Crippen molar-refractivity contribution in [3.8, 4) is 0 Å². The van der Waals surface area contributed by atoms with Crippen LogP contribution in [0, 0.1) is 6.92 Å². The summed E-state index contributed by atoms with van der Waals surface area (Å²) >= 11 is 0. The predicted octanol–water partition coefficient (Wildman–Crippen LogP) is 0.377. The van der Waals surface area contributed by atoms with E-state index in [4.69, 9.17) is 5.11 Å². The molecule has 0 aliphatic heterocycles. The second kappa shape index (κ2) is 3.95. The number of ketones is 1. The molecule has 1 rings (SSSR count). The number of aromatic nitrogens is 1. The van der Waals surface area contributed by atoms with Crippen molar-refractivity contribution in [1.29, 1.82) is 0 Å². The Morgan fingerprint density at radius 3 is 2.47 bits per heavy atom. The highest BCUT2D eigenvalue weighted by molar-refractivity contribution is 6.40. The Morgan fingerprint density at radius 1 is 1.40 bits per heavy atom. The van der Waals surface area contributed by atoms with Crippen molar-refractivity contribution in [1.82, 2.24) is 4.98 Å². The summed E-state index contributed by atoms with van der Waals surface area (Å²) in [6, 6.07) is 1.16. The summed E-state index contributed by atoms with van der Waals surface area (Å²) in [6.07, 6.45) is 0. The molecule has 0 bridgehead atoms. The van der Waals surface area contributed by atoms with Gasteiger partial charge in [-0.25, -0.2) is 9.59 Å². The number of methoxy groups -OCH3 is 1. The van der Waals surface area contributed by atoms with E-state index in [9.17, 15) is 14.4 Å². The predicted molar refractivity (Wildman–Crippen MR) is 48.8 cm³/mol. The number of nitrogens with one attached hydrogen (secondary N) is 1. The van der Waals surface area contributed by atoms with Gasteiger partial charge >= 0.3 is 11.9 Å². The summed E-state index contributed by atoms with van der Waals surface area (Å²) in [5.41, 5.74) is 0.338. The van der Waals surface area contributed by atoms with Crippen LogP contribution in [0.2, 0.25) is 0 Å². The van der Waals surface area contributed by atoms with Crippen LogP contribution in [0.15, 0.2) is 6.07 Å². The molecule has 6 nitrogen and oxygen atoms in total. The van der Waals surface area contributed by atoms with Crippen LogP contribution in [0.5, 0.6) is 0 Å². The van der Waals surface area contributed by atoms with Crippen LogP contribution in [0.4, 0.5) is 0 Å². The van der Waals surface area contributed by atoms with Crippen LogP contribution in [0.1, 0.15) is 26.5 Å². The van der Waals surface area contributed by atoms with Crippen LogP contribution >= 0.6 is 0 Å². The molecule has 6 heteroatoms. The minimum absolute atomic E-state index is 0.0390. The Balaban J connectivity index is 3.12. The number of esters is 1. The molecule has 15 heavy (non-hydrogen) atoms. The number of aliphatic carboxylic acids is 1. The van der Waals surface area contributed by atoms with Crippen molar-refractivity contribution in [2.24, 2.45) is 0 Å². The molecule has 0 aliphatic rings. The first kappa shape index (κ1) is 11.0. The van der Waals surface area contributed by atoms with E-state index in [0.717, 1.165) is 6.07 Å². The Hall–Kier alpha value is -2.11. The van der Waals surface area contributed by atoms with E-state index < -0.39 is 17.7 Å². The molecule has 0 saturated carbocycles. The fraction of sp³-hybridized carbons (Fsp3) is 0.222. The van der Waals surface area contributed by atoms with Gasteiger partial charge in [0.1, 0.15) is 5.69 Å². The highest BCUT2D eigenvalue weighted by Crippen LogP contribution is 2.11. The molecule has 0 spiro atoms. The SMILES string of the molecule is COC(=O)c1cc(C(=O)C(=O)O)c(C)[nH]1. The van der Waals surface area contributed by atoms with E-state index in [2.05, 4.69) is 9.72 Å². The molecule has 0 saturated heterocycles. The molecule has 80 valence electrons. The number of carbonyl (C=O) groups excluding carboxylic acids is 2. The fourth-order valence-electron chi connectivity index (χ4n) is 1.13. The lowest BCUT2D eigenvalue weighted by molar-refractivity contribution is -0.131. The number of aromatic amines is 1. The summed E-state index contributed by atoms with van der Waals surface area (Å²) in [5.74, 6) is -3.27. The van der Waals surface area contributed by atoms with Gasteiger partial charge in [-0.2, -0.15) is 0 Å². The third-order valence-corrected chi connectivity index (χ3v) is 1.86. The third-order valence-electron chi connectivity index (χ3n) is 1.86. The van der Waals surface area contributed by atoms with Gasteiger partial charge in [-0.3, -0.25) is 4.79 Å². The van der Waals surface area contributed by atoms with Crippen LogP contribution < -0.4 is 0 Å². The van der Waals surface area contributed by atoms with Gasteiger partial charge in [0.15, 0.2) is 0 Å². The van der Waals surface area contributed by atoms with Crippen LogP contribution in [-0.2, 0) is 9.53 Å². The summed E-state index contributed by atoms with van der Waals surface area (Å²) in [4.78, 5) is 35.2. The lowest BCUT2D eigenvalue weighted by Crippen LogP contribution is -2.12. The van der Waals surface area contributed by atoms with Crippen molar-refractivity contribution in [2.45, 2.75) is 6.92 Å². The first-order valence-electron chi connectivity index (χ1n) is 4.03. The number of carboxylic acid groups (broad SMARTS) is 1. The number of aryl methyl sites for hydroxylation is 1. The molecule has 1 aromatic heterocycles. The second-order valence-corrected chi connectivity index (χ2v) is 2.85. The maximum atomic E-state index is 11.1. The highest BCUT2D eigenvalue weighted by atomic mass is 16.5. The Kier molecular flexibility index (Phi) is 2.89. The largest absolute Gasteiger partial charge is 0.475 e. The van der Waals surface area contributed by atoms with Crippen molar-refractivity contribution in [2.75, 3.05) is 7.11 Å². The zero-order valence-electron chi connectivity index (χ0n) is 8.16. The maximum absolute atomic E-state index is 11.1. The minimum atomic E-state index is -1.56. The van der Waals surface area contributed by atoms with Crippen molar-refractivity contribution < 1.29 is 24.2 Å². The third kappa shape index (κ3) is 2.04. The molecule has 1 aromatic rings. The van der Waals surface area contributed by atoms with E-state index in [1.165, 1.54) is 14.0 Å². The fourth-order valence-corrected chi connectivity index (χ4v) is 1.13. The van der Waals surface area contributed by atoms with Gasteiger partial charge < -0.3 is 14.8 Å². The molecule has 1 heterocycles. The molecule has 2 N–H and O–H groups in total. The molecule has 0 fully saturated rings. The summed E-state index contributed by atoms with van der Waals surface area (Å²) < 4.78 is 4.42. The standard InChI is InChI=1S/C9H9NO5/c1-4-5(7(11)8(12)13)3-6(10-4)9(14)15-2/h3,10H,1-2H3,(H,12,13). The number of ether oxygens (including phenoxy) is 1. The number of carbonyl (C=O) groups is 3. The molecule has 0 atom stereocenters. The van der Waals surface area contributed by atoms with E-state index in [0.29, 0.717) is 5.69 Å². The number of H-pyrrole nitrogens is 1. The molecule has 0 amide bonds. The van der Waals surface area contributed by atoms with Gasteiger partial charge in [0.2, 0.25) is 0 Å². The number of carboxylic acids is 1. The van der Waals surface area contributed by atoms with Crippen LogP contribution in [-0.4, -0.2) is 34.9 Å². The zero-order valence-corrected chi connectivity index (χ0v) is 8.16. The maximum Gasteiger partial charge on any atom is 0.377 e. The molecule has 0 unspecified atom stereocenters. The van der Waals surface area contributed by atoms with E-state index in [-0.39, 0.29) is 11.3 Å². The Bertz CT molecular complexity index is 432. The smallest absolute Gasteiger partial charge is 0.377 e. The normalized spacial score (nSPS) is 9.73. The number of Topliss-reactive ketones (excluding diaryl/α,β-unsaturated/α-hetero) is 1. The molecular weight excluding hydrogens is 202 g/mol. The Morgan fingerprint density at radius 2 is 2.00 bits per heavy atom. The number of hydrogen-bond acceptors (Lipinski definition) is 4. The topological polar surface area (TPSA) is 96.5 Å². The van der Waals surface area contributed by atoms with E-state index >= 15 is 0 Å². The summed E-state index contributed by atoms with van der Waals surface area (Å²) in [6.45, 7) is 1.50. The van der Waals surface area contributed by atoms with Gasteiger partial charge in [0.05, 0.1) is 12.7 Å². The summed E-state index contributed by atoms with van der Waals surface area (Å²) in [7, 11) is 1.19.